The fourth-order valence-electron chi connectivity index (χ4n) is 3.40. The van der Waals surface area contributed by atoms with E-state index < -0.39 is 6.10 Å². The Balaban J connectivity index is 1.38. The van der Waals surface area contributed by atoms with Crippen molar-refractivity contribution in [3.8, 4) is 11.5 Å². The summed E-state index contributed by atoms with van der Waals surface area (Å²) in [6.45, 7) is 7.88. The maximum absolute atomic E-state index is 9.57. The zero-order valence-corrected chi connectivity index (χ0v) is 15.1. The smallest absolute Gasteiger partial charge is 0.231 e. The number of aliphatic hydroxyl groups is 1. The molecule has 0 aliphatic carbocycles. The number of aliphatic hydroxyl groups excluding tert-OH is 1. The van der Waals surface area contributed by atoms with E-state index >= 15 is 0 Å². The van der Waals surface area contributed by atoms with Gasteiger partial charge in [-0.2, -0.15) is 0 Å². The van der Waals surface area contributed by atoms with Gasteiger partial charge >= 0.3 is 0 Å². The normalized spacial score (nSPS) is 19.4. The van der Waals surface area contributed by atoms with Crippen LogP contribution in [-0.2, 0) is 0 Å². The Morgan fingerprint density at radius 3 is 2.35 bits per heavy atom. The Morgan fingerprint density at radius 2 is 1.65 bits per heavy atom. The minimum Gasteiger partial charge on any atom is -0.454 e. The van der Waals surface area contributed by atoms with Gasteiger partial charge in [-0.1, -0.05) is 6.07 Å². The third-order valence-corrected chi connectivity index (χ3v) is 5.16. The fourth-order valence-corrected chi connectivity index (χ4v) is 3.40. The summed E-state index contributed by atoms with van der Waals surface area (Å²) in [6.07, 6.45) is 2.87. The van der Waals surface area contributed by atoms with E-state index in [0.29, 0.717) is 12.8 Å². The number of ether oxygens (including phenoxy) is 2. The average Bonchev–Trinajstić information content (AvgIpc) is 3.15. The summed E-state index contributed by atoms with van der Waals surface area (Å²) >= 11 is 0. The van der Waals surface area contributed by atoms with Gasteiger partial charge in [0.05, 0.1) is 6.10 Å². The minimum atomic E-state index is -0.538. The Labute approximate surface area is 153 Å². The van der Waals surface area contributed by atoms with E-state index in [1.165, 1.54) is 5.56 Å². The van der Waals surface area contributed by atoms with Crippen molar-refractivity contribution in [3.05, 3.63) is 41.7 Å². The van der Waals surface area contributed by atoms with Crippen molar-refractivity contribution < 1.29 is 14.6 Å². The van der Waals surface area contributed by atoms with Gasteiger partial charge in [0.15, 0.2) is 11.5 Å². The highest BCUT2D eigenvalue weighted by Crippen LogP contribution is 2.35. The first-order valence-corrected chi connectivity index (χ1v) is 9.00. The number of nitrogens with zero attached hydrogens (tertiary/aromatic N) is 4. The van der Waals surface area contributed by atoms with Crippen molar-refractivity contribution in [3.63, 3.8) is 0 Å². The van der Waals surface area contributed by atoms with E-state index in [0.717, 1.165) is 49.2 Å². The fraction of sp³-hybridized carbons (Fsp3) is 0.474. The van der Waals surface area contributed by atoms with Crippen LogP contribution in [0.4, 0.5) is 5.95 Å². The Bertz CT molecular complexity index is 758. The molecular formula is C19H24N4O3. The zero-order valence-electron chi connectivity index (χ0n) is 15.1. The highest BCUT2D eigenvalue weighted by Gasteiger charge is 2.25. The van der Waals surface area contributed by atoms with Crippen molar-refractivity contribution in [1.82, 2.24) is 14.9 Å². The lowest BCUT2D eigenvalue weighted by atomic mass is 10.1. The Hall–Kier alpha value is -2.38. The molecule has 2 atom stereocenters. The molecule has 4 rings (SSSR count). The first kappa shape index (κ1) is 17.1. The van der Waals surface area contributed by atoms with Gasteiger partial charge in [-0.3, -0.25) is 4.90 Å². The Morgan fingerprint density at radius 1 is 0.962 bits per heavy atom. The molecule has 26 heavy (non-hydrogen) atoms. The maximum atomic E-state index is 9.57. The molecule has 7 nitrogen and oxygen atoms in total. The van der Waals surface area contributed by atoms with Crippen LogP contribution in [0.5, 0.6) is 11.5 Å². The molecular weight excluding hydrogens is 332 g/mol. The van der Waals surface area contributed by atoms with Crippen molar-refractivity contribution in [2.45, 2.75) is 26.0 Å². The van der Waals surface area contributed by atoms with Gasteiger partial charge in [0, 0.05) is 50.2 Å². The molecule has 2 aromatic rings. The molecule has 0 bridgehead atoms. The standard InChI is InChI=1S/C19H24N4O3/c1-13(15-3-4-17-18(9-15)26-12-25-17)22-5-7-23(8-6-22)19-20-10-16(11-21-19)14(2)24/h3-4,9-11,13-14,24H,5-8,12H2,1-2H3/t13-,14+/m1/s1. The maximum Gasteiger partial charge on any atom is 0.231 e. The lowest BCUT2D eigenvalue weighted by Crippen LogP contribution is -2.47. The summed E-state index contributed by atoms with van der Waals surface area (Å²) in [6, 6.07) is 6.49. The first-order valence-electron chi connectivity index (χ1n) is 9.00. The molecule has 1 aromatic heterocycles. The zero-order chi connectivity index (χ0) is 18.1. The average molecular weight is 356 g/mol. The van der Waals surface area contributed by atoms with Crippen LogP contribution in [0.15, 0.2) is 30.6 Å². The lowest BCUT2D eigenvalue weighted by Gasteiger charge is -2.38. The van der Waals surface area contributed by atoms with Crippen molar-refractivity contribution in [1.29, 1.82) is 0 Å². The molecule has 1 fully saturated rings. The van der Waals surface area contributed by atoms with Crippen molar-refractivity contribution in [2.24, 2.45) is 0 Å². The van der Waals surface area contributed by atoms with Crippen molar-refractivity contribution >= 4 is 5.95 Å². The number of aromatic nitrogens is 2. The number of piperazine rings is 1. The molecule has 1 aromatic carbocycles. The van der Waals surface area contributed by atoms with Crippen LogP contribution in [0.1, 0.15) is 37.1 Å². The summed E-state index contributed by atoms with van der Waals surface area (Å²) in [5, 5.41) is 9.57. The van der Waals surface area contributed by atoms with Crippen LogP contribution < -0.4 is 14.4 Å². The summed E-state index contributed by atoms with van der Waals surface area (Å²) < 4.78 is 10.9. The molecule has 2 aliphatic heterocycles. The number of rotatable bonds is 4. The third kappa shape index (κ3) is 3.32. The molecule has 3 heterocycles. The topological polar surface area (TPSA) is 71.0 Å². The predicted octanol–water partition coefficient (Wildman–Crippen LogP) is 2.14. The van der Waals surface area contributed by atoms with Crippen LogP contribution in [0.3, 0.4) is 0 Å². The summed E-state index contributed by atoms with van der Waals surface area (Å²) in [5.74, 6) is 2.38. The van der Waals surface area contributed by atoms with Gasteiger partial charge < -0.3 is 19.5 Å². The van der Waals surface area contributed by atoms with Crippen LogP contribution in [0, 0.1) is 0 Å². The molecule has 138 valence electrons. The van der Waals surface area contributed by atoms with E-state index in [4.69, 9.17) is 9.47 Å². The molecule has 2 aliphatic rings. The second-order valence-electron chi connectivity index (χ2n) is 6.80. The van der Waals surface area contributed by atoms with E-state index in [1.807, 2.05) is 6.07 Å². The molecule has 0 amide bonds. The molecule has 1 N–H and O–H groups in total. The van der Waals surface area contributed by atoms with Crippen LogP contribution in [0.25, 0.3) is 0 Å². The highest BCUT2D eigenvalue weighted by molar-refractivity contribution is 5.45. The van der Waals surface area contributed by atoms with Crippen LogP contribution in [0.2, 0.25) is 0 Å². The van der Waals surface area contributed by atoms with Gasteiger partial charge in [0.25, 0.3) is 0 Å². The van der Waals surface area contributed by atoms with E-state index in [2.05, 4.69) is 38.8 Å². The molecule has 1 saturated heterocycles. The molecule has 0 radical (unpaired) electrons. The number of hydrogen-bond donors (Lipinski definition) is 1. The second-order valence-corrected chi connectivity index (χ2v) is 6.80. The number of hydrogen-bond acceptors (Lipinski definition) is 7. The lowest BCUT2D eigenvalue weighted by molar-refractivity contribution is 0.173. The molecule has 0 unspecified atom stereocenters. The van der Waals surface area contributed by atoms with E-state index in [1.54, 1.807) is 19.3 Å². The predicted molar refractivity (Wildman–Crippen MR) is 97.4 cm³/mol. The highest BCUT2D eigenvalue weighted by atomic mass is 16.7. The van der Waals surface area contributed by atoms with Gasteiger partial charge in [0.2, 0.25) is 12.7 Å². The summed E-state index contributed by atoms with van der Waals surface area (Å²) in [4.78, 5) is 13.4. The van der Waals surface area contributed by atoms with Crippen LogP contribution in [-0.4, -0.2) is 52.9 Å². The summed E-state index contributed by atoms with van der Waals surface area (Å²) in [7, 11) is 0. The van der Waals surface area contributed by atoms with E-state index in [9.17, 15) is 5.11 Å². The SMILES string of the molecule is C[C@H](O)c1cnc(N2CCN([C@H](C)c3ccc4c(c3)OCO4)CC2)nc1. The second kappa shape index (κ2) is 7.09. The van der Waals surface area contributed by atoms with Crippen molar-refractivity contribution in [2.75, 3.05) is 37.9 Å². The monoisotopic (exact) mass is 356 g/mol. The largest absolute Gasteiger partial charge is 0.454 e. The first-order chi connectivity index (χ1) is 12.6. The number of benzene rings is 1. The van der Waals surface area contributed by atoms with Gasteiger partial charge in [-0.15, -0.1) is 0 Å². The van der Waals surface area contributed by atoms with Gasteiger partial charge in [-0.05, 0) is 31.5 Å². The Kier molecular flexibility index (Phi) is 4.65. The summed E-state index contributed by atoms with van der Waals surface area (Å²) in [5.41, 5.74) is 1.98. The third-order valence-electron chi connectivity index (χ3n) is 5.16. The number of anilines is 1. The van der Waals surface area contributed by atoms with Crippen LogP contribution >= 0.6 is 0 Å². The molecule has 0 spiro atoms. The minimum absolute atomic E-state index is 0.305. The molecule has 7 heteroatoms. The molecule has 0 saturated carbocycles. The quantitative estimate of drug-likeness (QED) is 0.900. The van der Waals surface area contributed by atoms with Gasteiger partial charge in [-0.25, -0.2) is 9.97 Å². The number of fused-ring (bicyclic) bond motifs is 1. The van der Waals surface area contributed by atoms with E-state index in [-0.39, 0.29) is 0 Å². The van der Waals surface area contributed by atoms with Gasteiger partial charge in [0.1, 0.15) is 0 Å².